The van der Waals surface area contributed by atoms with Gasteiger partial charge in [-0.3, -0.25) is 9.88 Å². The molecule has 3 heteroatoms. The Bertz CT molecular complexity index is 315. The summed E-state index contributed by atoms with van der Waals surface area (Å²) in [6.45, 7) is 11.2. The smallest absolute Gasteiger partial charge is 0.0543 e. The van der Waals surface area contributed by atoms with E-state index in [1.54, 1.807) is 0 Å². The maximum absolute atomic E-state index is 4.38. The molecule has 1 radical (unpaired) electrons. The fourth-order valence-corrected chi connectivity index (χ4v) is 2.27. The molecule has 0 amide bonds. The molecule has 0 N–H and O–H groups in total. The lowest BCUT2D eigenvalue weighted by molar-refractivity contribution is 0.130. The van der Waals surface area contributed by atoms with Crippen molar-refractivity contribution in [3.63, 3.8) is 0 Å². The molecular weight excluding hydrogens is 210 g/mol. The second kappa shape index (κ2) is 6.12. The Labute approximate surface area is 104 Å². The van der Waals surface area contributed by atoms with E-state index in [0.29, 0.717) is 0 Å². The molecule has 0 unspecified atom stereocenters. The molecule has 1 fully saturated rings. The zero-order valence-electron chi connectivity index (χ0n) is 10.9. The van der Waals surface area contributed by atoms with Crippen LogP contribution in [0.2, 0.25) is 0 Å². The number of rotatable bonds is 4. The molecule has 0 spiro atoms. The van der Waals surface area contributed by atoms with Crippen LogP contribution < -0.4 is 0 Å². The largest absolute Gasteiger partial charge is 0.300 e. The van der Waals surface area contributed by atoms with Gasteiger partial charge in [0.1, 0.15) is 0 Å². The van der Waals surface area contributed by atoms with Crippen LogP contribution in [-0.2, 0) is 6.54 Å². The molecule has 0 bridgehead atoms. The molecule has 1 saturated heterocycles. The van der Waals surface area contributed by atoms with E-state index in [4.69, 9.17) is 0 Å². The van der Waals surface area contributed by atoms with Crippen LogP contribution in [0.3, 0.4) is 0 Å². The van der Waals surface area contributed by atoms with Crippen LogP contribution in [0.5, 0.6) is 0 Å². The number of hydrogen-bond acceptors (Lipinski definition) is 3. The summed E-state index contributed by atoms with van der Waals surface area (Å²) in [5.41, 5.74) is 1.18. The van der Waals surface area contributed by atoms with Crippen molar-refractivity contribution in [3.05, 3.63) is 36.0 Å². The number of hydrogen-bond donors (Lipinski definition) is 0. The summed E-state index contributed by atoms with van der Waals surface area (Å²) in [5, 5.41) is 0. The van der Waals surface area contributed by atoms with E-state index in [0.717, 1.165) is 26.2 Å². The first-order valence-electron chi connectivity index (χ1n) is 6.37. The Balaban J connectivity index is 1.76. The summed E-state index contributed by atoms with van der Waals surface area (Å²) in [7, 11) is 0. The van der Waals surface area contributed by atoms with Gasteiger partial charge in [-0.05, 0) is 18.1 Å². The molecule has 2 heterocycles. The third-order valence-corrected chi connectivity index (χ3v) is 3.12. The molecule has 3 nitrogen and oxygen atoms in total. The molecule has 2 rings (SSSR count). The van der Waals surface area contributed by atoms with E-state index >= 15 is 0 Å². The average molecular weight is 232 g/mol. The number of nitrogens with zero attached hydrogens (tertiary/aromatic N) is 3. The lowest BCUT2D eigenvalue weighted by Gasteiger charge is -2.35. The van der Waals surface area contributed by atoms with Crippen LogP contribution in [0.1, 0.15) is 19.5 Å². The second-order valence-corrected chi connectivity index (χ2v) is 5.08. The van der Waals surface area contributed by atoms with Crippen LogP contribution in [-0.4, -0.2) is 47.5 Å². The van der Waals surface area contributed by atoms with Gasteiger partial charge in [0, 0.05) is 45.5 Å². The summed E-state index contributed by atoms with van der Waals surface area (Å²) < 4.78 is 0. The minimum absolute atomic E-state index is 0.990. The highest BCUT2D eigenvalue weighted by molar-refractivity contribution is 5.03. The van der Waals surface area contributed by atoms with E-state index in [-0.39, 0.29) is 0 Å². The van der Waals surface area contributed by atoms with Gasteiger partial charge in [0.25, 0.3) is 0 Å². The van der Waals surface area contributed by atoms with Gasteiger partial charge in [0.05, 0.1) is 5.69 Å². The number of piperazine rings is 1. The predicted molar refractivity (Wildman–Crippen MR) is 70.5 cm³/mol. The maximum atomic E-state index is 4.38. The first-order chi connectivity index (χ1) is 8.24. The van der Waals surface area contributed by atoms with Crippen molar-refractivity contribution in [3.8, 4) is 0 Å². The topological polar surface area (TPSA) is 19.4 Å². The van der Waals surface area contributed by atoms with Gasteiger partial charge in [-0.1, -0.05) is 19.9 Å². The molecule has 1 aliphatic heterocycles. The molecule has 17 heavy (non-hydrogen) atoms. The van der Waals surface area contributed by atoms with Crippen LogP contribution in [0.25, 0.3) is 0 Å². The van der Waals surface area contributed by atoms with Crippen LogP contribution in [0.15, 0.2) is 24.4 Å². The van der Waals surface area contributed by atoms with Crippen molar-refractivity contribution in [1.29, 1.82) is 0 Å². The SMILES string of the molecule is C[C](C)CN1CCN(Cc2ccccn2)CC1. The van der Waals surface area contributed by atoms with Crippen molar-refractivity contribution in [1.82, 2.24) is 14.8 Å². The highest BCUT2D eigenvalue weighted by atomic mass is 15.3. The predicted octanol–water partition coefficient (Wildman–Crippen LogP) is 1.81. The van der Waals surface area contributed by atoms with Crippen LogP contribution in [0.4, 0.5) is 0 Å². The van der Waals surface area contributed by atoms with Gasteiger partial charge < -0.3 is 4.90 Å². The first-order valence-corrected chi connectivity index (χ1v) is 6.37. The molecule has 0 aliphatic carbocycles. The molecular formula is C14H22N3. The van der Waals surface area contributed by atoms with Crippen molar-refractivity contribution < 1.29 is 0 Å². The molecule has 1 aliphatic rings. The van der Waals surface area contributed by atoms with Crippen LogP contribution >= 0.6 is 0 Å². The number of pyridine rings is 1. The monoisotopic (exact) mass is 232 g/mol. The fourth-order valence-electron chi connectivity index (χ4n) is 2.27. The van der Waals surface area contributed by atoms with Gasteiger partial charge in [0.2, 0.25) is 0 Å². The van der Waals surface area contributed by atoms with E-state index in [1.807, 2.05) is 12.3 Å². The first kappa shape index (κ1) is 12.5. The third-order valence-electron chi connectivity index (χ3n) is 3.12. The van der Waals surface area contributed by atoms with E-state index in [2.05, 4.69) is 40.8 Å². The zero-order valence-corrected chi connectivity index (χ0v) is 10.9. The highest BCUT2D eigenvalue weighted by Crippen LogP contribution is 2.08. The quantitative estimate of drug-likeness (QED) is 0.789. The van der Waals surface area contributed by atoms with E-state index < -0.39 is 0 Å². The zero-order chi connectivity index (χ0) is 12.1. The third kappa shape index (κ3) is 4.10. The molecule has 1 aromatic rings. The Morgan fingerprint density at radius 1 is 1.12 bits per heavy atom. The van der Waals surface area contributed by atoms with Crippen LogP contribution in [0, 0.1) is 5.92 Å². The standard InChI is InChI=1S/C14H22N3/c1-13(2)11-16-7-9-17(10-8-16)12-14-5-3-4-6-15-14/h3-6H,7-12H2,1-2H3. The molecule has 0 saturated carbocycles. The number of aromatic nitrogens is 1. The minimum Gasteiger partial charge on any atom is -0.300 e. The van der Waals surface area contributed by atoms with E-state index in [9.17, 15) is 0 Å². The summed E-state index contributed by atoms with van der Waals surface area (Å²) in [6, 6.07) is 6.14. The molecule has 93 valence electrons. The summed E-state index contributed by atoms with van der Waals surface area (Å²) in [6.07, 6.45) is 1.88. The van der Waals surface area contributed by atoms with Gasteiger partial charge in [-0.25, -0.2) is 0 Å². The lowest BCUT2D eigenvalue weighted by atomic mass is 10.2. The van der Waals surface area contributed by atoms with Crippen molar-refractivity contribution >= 4 is 0 Å². The Morgan fingerprint density at radius 2 is 1.82 bits per heavy atom. The Morgan fingerprint density at radius 3 is 2.41 bits per heavy atom. The van der Waals surface area contributed by atoms with Crippen molar-refractivity contribution in [2.45, 2.75) is 20.4 Å². The van der Waals surface area contributed by atoms with E-state index in [1.165, 1.54) is 24.7 Å². The van der Waals surface area contributed by atoms with Gasteiger partial charge in [-0.15, -0.1) is 0 Å². The van der Waals surface area contributed by atoms with Crippen molar-refractivity contribution in [2.75, 3.05) is 32.7 Å². The molecule has 0 aromatic carbocycles. The lowest BCUT2D eigenvalue weighted by Crippen LogP contribution is -2.46. The average Bonchev–Trinajstić information content (AvgIpc) is 2.32. The summed E-state index contributed by atoms with van der Waals surface area (Å²) in [5.74, 6) is 1.50. The highest BCUT2D eigenvalue weighted by Gasteiger charge is 2.17. The Hall–Kier alpha value is -0.930. The van der Waals surface area contributed by atoms with Crippen molar-refractivity contribution in [2.24, 2.45) is 0 Å². The Kier molecular flexibility index (Phi) is 4.51. The second-order valence-electron chi connectivity index (χ2n) is 5.08. The van der Waals surface area contributed by atoms with Gasteiger partial charge in [0.15, 0.2) is 0 Å². The minimum atomic E-state index is 0.990. The summed E-state index contributed by atoms with van der Waals surface area (Å²) >= 11 is 0. The molecule has 0 atom stereocenters. The van der Waals surface area contributed by atoms with Gasteiger partial charge in [-0.2, -0.15) is 0 Å². The molecule has 1 aromatic heterocycles. The van der Waals surface area contributed by atoms with Gasteiger partial charge >= 0.3 is 0 Å². The normalized spacial score (nSPS) is 18.8. The fraction of sp³-hybridized carbons (Fsp3) is 0.571. The maximum Gasteiger partial charge on any atom is 0.0543 e. The summed E-state index contributed by atoms with van der Waals surface area (Å²) in [4.78, 5) is 9.40.